The first-order valence-electron chi connectivity index (χ1n) is 10.5. The second-order valence-electron chi connectivity index (χ2n) is 9.45. The molecule has 2 aliphatic heterocycles. The summed E-state index contributed by atoms with van der Waals surface area (Å²) >= 11 is 1.44. The average molecular weight is 467 g/mol. The van der Waals surface area contributed by atoms with E-state index in [9.17, 15) is 10.3 Å². The quantitative estimate of drug-likeness (QED) is 0.172. The zero-order chi connectivity index (χ0) is 23.1. The third-order valence-electron chi connectivity index (χ3n) is 6.40. The summed E-state index contributed by atoms with van der Waals surface area (Å²) in [5.41, 5.74) is 9.44. The standard InChI is InChI=1S/C23H26N4O3SSi/c1-22(2,3)32(4,5)30-19-18(26-27-24)20(28)29-23(19)16-13-9-10-14-17(16)25-21(23)31-15-11-7-6-8-12-15/h6-14,18-19H,1-5H3/t18-,19+,23-/m0/s1. The van der Waals surface area contributed by atoms with E-state index in [-0.39, 0.29) is 5.04 Å². The van der Waals surface area contributed by atoms with Crippen molar-refractivity contribution in [3.63, 3.8) is 0 Å². The molecule has 0 amide bonds. The van der Waals surface area contributed by atoms with Gasteiger partial charge in [0.2, 0.25) is 5.60 Å². The highest BCUT2D eigenvalue weighted by Crippen LogP contribution is 2.54. The number of aliphatic imine (C=N–C) groups is 1. The predicted molar refractivity (Wildman–Crippen MR) is 129 cm³/mol. The fourth-order valence-electron chi connectivity index (χ4n) is 3.69. The fourth-order valence-corrected chi connectivity index (χ4v) is 6.06. The van der Waals surface area contributed by atoms with E-state index in [4.69, 9.17) is 14.2 Å². The molecule has 0 aromatic heterocycles. The lowest BCUT2D eigenvalue weighted by atomic mass is 9.88. The average Bonchev–Trinajstić information content (AvgIpc) is 3.18. The van der Waals surface area contributed by atoms with Crippen LogP contribution in [0.1, 0.15) is 26.3 Å². The summed E-state index contributed by atoms with van der Waals surface area (Å²) in [6.07, 6.45) is -0.814. The molecular weight excluding hydrogens is 440 g/mol. The number of ether oxygens (including phenoxy) is 1. The monoisotopic (exact) mass is 466 g/mol. The minimum absolute atomic E-state index is 0.122. The molecule has 2 aromatic rings. The van der Waals surface area contributed by atoms with Gasteiger partial charge in [0.05, 0.1) is 5.69 Å². The number of rotatable bonds is 4. The zero-order valence-electron chi connectivity index (χ0n) is 18.8. The van der Waals surface area contributed by atoms with Gasteiger partial charge < -0.3 is 9.16 Å². The van der Waals surface area contributed by atoms with Gasteiger partial charge in [0.15, 0.2) is 14.4 Å². The normalized spacial score (nSPS) is 24.7. The highest BCUT2D eigenvalue weighted by atomic mass is 32.2. The van der Waals surface area contributed by atoms with Crippen LogP contribution in [0.2, 0.25) is 18.1 Å². The van der Waals surface area contributed by atoms with Crippen LogP contribution in [-0.4, -0.2) is 31.5 Å². The summed E-state index contributed by atoms with van der Waals surface area (Å²) in [5, 5.41) is 4.31. The van der Waals surface area contributed by atoms with Crippen molar-refractivity contribution in [1.82, 2.24) is 0 Å². The maximum Gasteiger partial charge on any atom is 0.319 e. The molecule has 0 N–H and O–H groups in total. The van der Waals surface area contributed by atoms with Crippen LogP contribution in [0.25, 0.3) is 10.4 Å². The number of hydrogen-bond acceptors (Lipinski definition) is 6. The number of fused-ring (bicyclic) bond motifs is 2. The van der Waals surface area contributed by atoms with Crippen LogP contribution in [0.15, 0.2) is 69.6 Å². The summed E-state index contributed by atoms with van der Waals surface area (Å²) in [5.74, 6) is -0.593. The van der Waals surface area contributed by atoms with Gasteiger partial charge in [-0.15, -0.1) is 0 Å². The third-order valence-corrected chi connectivity index (χ3v) is 11.9. The van der Waals surface area contributed by atoms with Crippen LogP contribution < -0.4 is 0 Å². The Morgan fingerprint density at radius 2 is 1.81 bits per heavy atom. The molecule has 1 saturated heterocycles. The lowest BCUT2D eigenvalue weighted by molar-refractivity contribution is -0.145. The van der Waals surface area contributed by atoms with Gasteiger partial charge in [0.1, 0.15) is 11.1 Å². The maximum absolute atomic E-state index is 13.1. The molecule has 1 fully saturated rings. The molecule has 0 bridgehead atoms. The van der Waals surface area contributed by atoms with Crippen LogP contribution in [0, 0.1) is 0 Å². The Morgan fingerprint density at radius 3 is 2.47 bits per heavy atom. The lowest BCUT2D eigenvalue weighted by Gasteiger charge is -2.42. The second kappa shape index (κ2) is 8.08. The Bertz CT molecular complexity index is 1130. The van der Waals surface area contributed by atoms with E-state index in [1.54, 1.807) is 0 Å². The van der Waals surface area contributed by atoms with Gasteiger partial charge >= 0.3 is 5.97 Å². The molecule has 7 nitrogen and oxygen atoms in total. The minimum Gasteiger partial charge on any atom is -0.444 e. The van der Waals surface area contributed by atoms with E-state index in [2.05, 4.69) is 43.9 Å². The first-order chi connectivity index (χ1) is 15.1. The number of benzene rings is 2. The number of carbonyl (C=O) groups is 1. The summed E-state index contributed by atoms with van der Waals surface area (Å²) < 4.78 is 12.9. The summed E-state index contributed by atoms with van der Waals surface area (Å²) in [6, 6.07) is 16.3. The van der Waals surface area contributed by atoms with E-state index < -0.39 is 32.0 Å². The van der Waals surface area contributed by atoms with Crippen molar-refractivity contribution < 1.29 is 14.0 Å². The van der Waals surface area contributed by atoms with Crippen molar-refractivity contribution >= 4 is 36.8 Å². The first-order valence-corrected chi connectivity index (χ1v) is 14.2. The Hall–Kier alpha value is -2.58. The Balaban J connectivity index is 1.89. The molecule has 166 valence electrons. The maximum atomic E-state index is 13.1. The Labute approximate surface area is 193 Å². The Morgan fingerprint density at radius 1 is 1.16 bits per heavy atom. The van der Waals surface area contributed by atoms with Gasteiger partial charge in [0.25, 0.3) is 0 Å². The van der Waals surface area contributed by atoms with Crippen molar-refractivity contribution in [2.75, 3.05) is 0 Å². The second-order valence-corrected chi connectivity index (χ2v) is 15.3. The van der Waals surface area contributed by atoms with Crippen molar-refractivity contribution in [2.24, 2.45) is 10.1 Å². The number of azide groups is 1. The van der Waals surface area contributed by atoms with E-state index >= 15 is 0 Å². The molecule has 3 atom stereocenters. The summed E-state index contributed by atoms with van der Waals surface area (Å²) in [4.78, 5) is 21.8. The molecular formula is C23H26N4O3SSi. The molecule has 4 rings (SSSR count). The smallest absolute Gasteiger partial charge is 0.319 e. The molecule has 9 heteroatoms. The number of thioether (sulfide) groups is 1. The van der Waals surface area contributed by atoms with Crippen LogP contribution in [0.4, 0.5) is 5.69 Å². The molecule has 32 heavy (non-hydrogen) atoms. The SMILES string of the molecule is CC(C)(C)[Si](C)(C)O[C@@H]1[C@H](N=[N+]=[N-])C(=O)O[C@]12C(Sc1ccccc1)=Nc1ccccc12. The molecule has 2 aliphatic rings. The Kier molecular flexibility index (Phi) is 5.71. The van der Waals surface area contributed by atoms with Crippen LogP contribution in [0.5, 0.6) is 0 Å². The fraction of sp³-hybridized carbons (Fsp3) is 0.391. The number of para-hydroxylation sites is 1. The molecule has 2 aromatic carbocycles. The van der Waals surface area contributed by atoms with Crippen molar-refractivity contribution in [3.05, 3.63) is 70.6 Å². The first kappa shape index (κ1) is 22.6. The number of nitrogens with zero attached hydrogens (tertiary/aromatic N) is 4. The van der Waals surface area contributed by atoms with E-state index in [1.165, 1.54) is 11.8 Å². The van der Waals surface area contributed by atoms with E-state index in [0.29, 0.717) is 5.04 Å². The van der Waals surface area contributed by atoms with Gasteiger partial charge in [-0.05, 0) is 41.9 Å². The molecule has 0 saturated carbocycles. The molecule has 1 spiro atoms. The van der Waals surface area contributed by atoms with Crippen LogP contribution >= 0.6 is 11.8 Å². The van der Waals surface area contributed by atoms with Gasteiger partial charge in [-0.2, -0.15) is 0 Å². The highest BCUT2D eigenvalue weighted by molar-refractivity contribution is 8.14. The van der Waals surface area contributed by atoms with E-state index in [0.717, 1.165) is 16.1 Å². The molecule has 0 radical (unpaired) electrons. The number of esters is 1. The van der Waals surface area contributed by atoms with Crippen molar-refractivity contribution in [1.29, 1.82) is 0 Å². The molecule has 2 heterocycles. The number of hydrogen-bond donors (Lipinski definition) is 0. The predicted octanol–water partition coefficient (Wildman–Crippen LogP) is 6.34. The molecule has 0 unspecified atom stereocenters. The molecule has 0 aliphatic carbocycles. The van der Waals surface area contributed by atoms with Gasteiger partial charge in [-0.3, -0.25) is 4.79 Å². The summed E-state index contributed by atoms with van der Waals surface area (Å²) in [7, 11) is -2.39. The largest absolute Gasteiger partial charge is 0.444 e. The van der Waals surface area contributed by atoms with Crippen LogP contribution in [-0.2, 0) is 19.6 Å². The number of carbonyl (C=O) groups excluding carboxylic acids is 1. The van der Waals surface area contributed by atoms with E-state index in [1.807, 2.05) is 54.6 Å². The summed E-state index contributed by atoms with van der Waals surface area (Å²) in [6.45, 7) is 10.6. The minimum atomic E-state index is -2.39. The zero-order valence-corrected chi connectivity index (χ0v) is 20.6. The topological polar surface area (TPSA) is 96.7 Å². The highest BCUT2D eigenvalue weighted by Gasteiger charge is 2.65. The van der Waals surface area contributed by atoms with Gasteiger partial charge in [-0.1, -0.05) is 74.0 Å². The van der Waals surface area contributed by atoms with Crippen LogP contribution in [0.3, 0.4) is 0 Å². The van der Waals surface area contributed by atoms with Gasteiger partial charge in [0, 0.05) is 15.4 Å². The van der Waals surface area contributed by atoms with Crippen molar-refractivity contribution in [3.8, 4) is 0 Å². The third kappa shape index (κ3) is 3.65. The van der Waals surface area contributed by atoms with Crippen molar-refractivity contribution in [2.45, 2.75) is 61.5 Å². The lowest BCUT2D eigenvalue weighted by Crippen LogP contribution is -2.53. The van der Waals surface area contributed by atoms with Gasteiger partial charge in [-0.25, -0.2) is 4.99 Å².